The molecule has 0 spiro atoms. The molecule has 0 saturated carbocycles. The van der Waals surface area contributed by atoms with Gasteiger partial charge in [0.1, 0.15) is 5.82 Å². The monoisotopic (exact) mass is 441 g/mol. The maximum Gasteiger partial charge on any atom is 0.261 e. The van der Waals surface area contributed by atoms with E-state index >= 15 is 0 Å². The number of hydrogen-bond acceptors (Lipinski definition) is 4. The summed E-state index contributed by atoms with van der Waals surface area (Å²) < 4.78 is 40.4. The van der Waals surface area contributed by atoms with Crippen LogP contribution < -0.4 is 10.0 Å². The Hall–Kier alpha value is -3.23. The van der Waals surface area contributed by atoms with E-state index in [4.69, 9.17) is 0 Å². The number of amides is 1. The molecule has 1 amide bonds. The van der Waals surface area contributed by atoms with Gasteiger partial charge in [-0.15, -0.1) is 0 Å². The largest absolute Gasteiger partial charge is 0.350 e. The minimum absolute atomic E-state index is 0.00355. The lowest BCUT2D eigenvalue weighted by Crippen LogP contribution is -2.34. The van der Waals surface area contributed by atoms with Crippen LogP contribution in [0, 0.1) is 5.82 Å². The molecule has 0 heterocycles. The Bertz CT molecular complexity index is 1120. The first-order valence-corrected chi connectivity index (χ1v) is 11.1. The third kappa shape index (κ3) is 5.90. The van der Waals surface area contributed by atoms with Crippen molar-refractivity contribution in [3.05, 3.63) is 95.8 Å². The standard InChI is InChI=1S/C23H24FN3O3S/c1-27(2)22(17-6-4-3-5-7-17)16-25-23(28)18-8-14-21(15-9-18)31(29,30)26-20-12-10-19(24)11-13-20/h3-15,22,26H,16H2,1-2H3,(H,25,28). The Morgan fingerprint density at radius 2 is 1.55 bits per heavy atom. The molecule has 162 valence electrons. The molecule has 1 atom stereocenters. The second-order valence-corrected chi connectivity index (χ2v) is 8.92. The molecule has 2 N–H and O–H groups in total. The van der Waals surface area contributed by atoms with Crippen molar-refractivity contribution in [3.63, 3.8) is 0 Å². The highest BCUT2D eigenvalue weighted by molar-refractivity contribution is 7.92. The maximum absolute atomic E-state index is 13.0. The van der Waals surface area contributed by atoms with Gasteiger partial charge in [0.2, 0.25) is 0 Å². The fourth-order valence-electron chi connectivity index (χ4n) is 3.08. The zero-order valence-corrected chi connectivity index (χ0v) is 18.1. The molecule has 0 aliphatic carbocycles. The number of hydrogen-bond donors (Lipinski definition) is 2. The number of rotatable bonds is 8. The Morgan fingerprint density at radius 3 is 2.13 bits per heavy atom. The second-order valence-electron chi connectivity index (χ2n) is 7.24. The minimum atomic E-state index is -3.85. The van der Waals surface area contributed by atoms with E-state index in [2.05, 4.69) is 10.0 Å². The van der Waals surface area contributed by atoms with Crippen molar-refractivity contribution in [3.8, 4) is 0 Å². The quantitative estimate of drug-likeness (QED) is 0.559. The summed E-state index contributed by atoms with van der Waals surface area (Å²) in [4.78, 5) is 14.6. The van der Waals surface area contributed by atoms with Crippen LogP contribution >= 0.6 is 0 Å². The van der Waals surface area contributed by atoms with Crippen molar-refractivity contribution in [2.75, 3.05) is 25.4 Å². The number of nitrogens with zero attached hydrogens (tertiary/aromatic N) is 1. The summed E-state index contributed by atoms with van der Waals surface area (Å²) in [5, 5.41) is 2.90. The van der Waals surface area contributed by atoms with Crippen molar-refractivity contribution >= 4 is 21.6 Å². The molecule has 0 bridgehead atoms. The summed E-state index contributed by atoms with van der Waals surface area (Å²) in [5.41, 5.74) is 1.69. The van der Waals surface area contributed by atoms with Gasteiger partial charge in [0.05, 0.1) is 10.9 Å². The summed E-state index contributed by atoms with van der Waals surface area (Å²) in [5.74, 6) is -0.750. The van der Waals surface area contributed by atoms with Crippen molar-refractivity contribution in [2.24, 2.45) is 0 Å². The first-order chi connectivity index (χ1) is 14.8. The molecule has 0 saturated heterocycles. The van der Waals surface area contributed by atoms with Crippen molar-refractivity contribution < 1.29 is 17.6 Å². The Morgan fingerprint density at radius 1 is 0.935 bits per heavy atom. The number of anilines is 1. The molecule has 0 radical (unpaired) electrons. The van der Waals surface area contributed by atoms with Gasteiger partial charge >= 0.3 is 0 Å². The number of sulfonamides is 1. The summed E-state index contributed by atoms with van der Waals surface area (Å²) in [6.45, 7) is 0.405. The van der Waals surface area contributed by atoms with Crippen LogP contribution in [0.2, 0.25) is 0 Å². The molecule has 0 aliphatic heterocycles. The molecule has 0 aromatic heterocycles. The van der Waals surface area contributed by atoms with Gasteiger partial charge in [-0.2, -0.15) is 0 Å². The fourth-order valence-corrected chi connectivity index (χ4v) is 4.14. The van der Waals surface area contributed by atoms with Crippen LogP contribution in [0.25, 0.3) is 0 Å². The normalized spacial score (nSPS) is 12.4. The molecule has 3 aromatic rings. The van der Waals surface area contributed by atoms with Crippen LogP contribution in [0.5, 0.6) is 0 Å². The smallest absolute Gasteiger partial charge is 0.261 e. The Kier molecular flexibility index (Phi) is 7.04. The second kappa shape index (κ2) is 9.72. The fraction of sp³-hybridized carbons (Fsp3) is 0.174. The van der Waals surface area contributed by atoms with Gasteiger partial charge in [-0.3, -0.25) is 9.52 Å². The van der Waals surface area contributed by atoms with E-state index in [0.29, 0.717) is 12.1 Å². The molecule has 0 aliphatic rings. The lowest BCUT2D eigenvalue weighted by atomic mass is 10.1. The average molecular weight is 442 g/mol. The van der Waals surface area contributed by atoms with Gasteiger partial charge in [-0.1, -0.05) is 30.3 Å². The first-order valence-electron chi connectivity index (χ1n) is 9.64. The van der Waals surface area contributed by atoms with Crippen LogP contribution in [0.4, 0.5) is 10.1 Å². The molecule has 3 rings (SSSR count). The molecule has 1 unspecified atom stereocenters. The predicted molar refractivity (Wildman–Crippen MR) is 119 cm³/mol. The SMILES string of the molecule is CN(C)C(CNC(=O)c1ccc(S(=O)(=O)Nc2ccc(F)cc2)cc1)c1ccccc1. The molecular formula is C23H24FN3O3S. The molecule has 6 nitrogen and oxygen atoms in total. The molecule has 3 aromatic carbocycles. The zero-order valence-electron chi connectivity index (χ0n) is 17.2. The summed E-state index contributed by atoms with van der Waals surface area (Å²) >= 11 is 0. The van der Waals surface area contributed by atoms with Gasteiger partial charge in [-0.05, 0) is 68.2 Å². The third-order valence-corrected chi connectivity index (χ3v) is 6.18. The van der Waals surface area contributed by atoms with E-state index in [1.54, 1.807) is 0 Å². The summed E-state index contributed by atoms with van der Waals surface area (Å²) in [6.07, 6.45) is 0. The lowest BCUT2D eigenvalue weighted by Gasteiger charge is -2.25. The van der Waals surface area contributed by atoms with Gasteiger partial charge in [0.15, 0.2) is 0 Å². The first kappa shape index (κ1) is 22.5. The van der Waals surface area contributed by atoms with E-state index in [0.717, 1.165) is 5.56 Å². The van der Waals surface area contributed by atoms with Gasteiger partial charge < -0.3 is 10.2 Å². The van der Waals surface area contributed by atoms with E-state index in [1.165, 1.54) is 48.5 Å². The average Bonchev–Trinajstić information content (AvgIpc) is 2.76. The molecule has 8 heteroatoms. The summed E-state index contributed by atoms with van der Waals surface area (Å²) in [6, 6.07) is 20.5. The highest BCUT2D eigenvalue weighted by Gasteiger charge is 2.17. The Labute approximate surface area is 181 Å². The maximum atomic E-state index is 13.0. The Balaban J connectivity index is 1.66. The third-order valence-electron chi connectivity index (χ3n) is 4.79. The minimum Gasteiger partial charge on any atom is -0.350 e. The highest BCUT2D eigenvalue weighted by atomic mass is 32.2. The number of nitrogens with one attached hydrogen (secondary N) is 2. The van der Waals surface area contributed by atoms with Crippen molar-refractivity contribution in [1.29, 1.82) is 0 Å². The number of carbonyl (C=O) groups excluding carboxylic acids is 1. The number of carbonyl (C=O) groups is 1. The zero-order chi connectivity index (χ0) is 22.4. The van der Waals surface area contributed by atoms with Gasteiger partial charge in [-0.25, -0.2) is 12.8 Å². The molecular weight excluding hydrogens is 417 g/mol. The number of benzene rings is 3. The molecule has 0 fully saturated rings. The summed E-state index contributed by atoms with van der Waals surface area (Å²) in [7, 11) is 0.0317. The number of halogens is 1. The highest BCUT2D eigenvalue weighted by Crippen LogP contribution is 2.19. The van der Waals surface area contributed by atoms with Crippen LogP contribution in [-0.4, -0.2) is 39.9 Å². The van der Waals surface area contributed by atoms with Crippen LogP contribution in [-0.2, 0) is 10.0 Å². The van der Waals surface area contributed by atoms with Crippen LogP contribution in [0.15, 0.2) is 83.8 Å². The van der Waals surface area contributed by atoms with E-state index in [-0.39, 0.29) is 22.5 Å². The predicted octanol–water partition coefficient (Wildman–Crippen LogP) is 3.66. The topological polar surface area (TPSA) is 78.5 Å². The van der Waals surface area contributed by atoms with Crippen molar-refractivity contribution in [2.45, 2.75) is 10.9 Å². The van der Waals surface area contributed by atoms with Crippen LogP contribution in [0.3, 0.4) is 0 Å². The van der Waals surface area contributed by atoms with Crippen LogP contribution in [0.1, 0.15) is 22.0 Å². The van der Waals surface area contributed by atoms with E-state index < -0.39 is 15.8 Å². The van der Waals surface area contributed by atoms with Gasteiger partial charge in [0, 0.05) is 17.8 Å². The number of likely N-dealkylation sites (N-methyl/N-ethyl adjacent to an activating group) is 1. The van der Waals surface area contributed by atoms with E-state index in [9.17, 15) is 17.6 Å². The lowest BCUT2D eigenvalue weighted by molar-refractivity contribution is 0.0942. The van der Waals surface area contributed by atoms with Gasteiger partial charge in [0.25, 0.3) is 15.9 Å². The van der Waals surface area contributed by atoms with Crippen molar-refractivity contribution in [1.82, 2.24) is 10.2 Å². The molecule has 31 heavy (non-hydrogen) atoms. The van der Waals surface area contributed by atoms with E-state index in [1.807, 2.05) is 49.3 Å².